The van der Waals surface area contributed by atoms with Crippen molar-refractivity contribution >= 4 is 50.5 Å². The summed E-state index contributed by atoms with van der Waals surface area (Å²) in [5.41, 5.74) is 4.64. The van der Waals surface area contributed by atoms with Crippen molar-refractivity contribution in [3.05, 3.63) is 62.6 Å². The molecule has 2 aromatic rings. The van der Waals surface area contributed by atoms with Gasteiger partial charge >= 0.3 is 0 Å². The van der Waals surface area contributed by atoms with Gasteiger partial charge in [-0.15, -0.1) is 0 Å². The van der Waals surface area contributed by atoms with Crippen LogP contribution in [0.1, 0.15) is 29.7 Å². The largest absolute Gasteiger partial charge is 0.356 e. The van der Waals surface area contributed by atoms with Gasteiger partial charge in [-0.2, -0.15) is 0 Å². The highest BCUT2D eigenvalue weighted by Gasteiger charge is 2.08. The highest BCUT2D eigenvalue weighted by Crippen LogP contribution is 2.25. The Morgan fingerprint density at radius 2 is 1.86 bits per heavy atom. The minimum absolute atomic E-state index is 0.130. The monoisotopic (exact) mass is 396 g/mol. The van der Waals surface area contributed by atoms with Crippen molar-refractivity contribution in [3.63, 3.8) is 0 Å². The summed E-state index contributed by atoms with van der Waals surface area (Å²) in [6.45, 7) is 6.32. The Bertz CT molecular complexity index is 703. The number of nitrogens with one attached hydrogen (secondary N) is 2. The molecule has 0 aliphatic rings. The van der Waals surface area contributed by atoms with Crippen LogP contribution in [0, 0.1) is 13.8 Å². The molecule has 2 nitrogen and oxygen atoms in total. The second-order valence-corrected chi connectivity index (χ2v) is 6.96. The number of aryl methyl sites for hydroxylation is 2. The van der Waals surface area contributed by atoms with E-state index in [0.717, 1.165) is 10.2 Å². The van der Waals surface area contributed by atoms with Gasteiger partial charge in [0.25, 0.3) is 0 Å². The van der Waals surface area contributed by atoms with E-state index in [0.29, 0.717) is 10.1 Å². The Kier molecular flexibility index (Phi) is 5.84. The number of thiocarbonyl (C=S) groups is 1. The number of halogens is 2. The number of anilines is 1. The molecule has 0 saturated heterocycles. The molecule has 0 aromatic heterocycles. The average molecular weight is 398 g/mol. The molecule has 0 spiro atoms. The molecule has 22 heavy (non-hydrogen) atoms. The van der Waals surface area contributed by atoms with Crippen LogP contribution in [0.3, 0.4) is 0 Å². The van der Waals surface area contributed by atoms with Gasteiger partial charge in [0.1, 0.15) is 0 Å². The zero-order valence-electron chi connectivity index (χ0n) is 12.7. The molecule has 1 atom stereocenters. The summed E-state index contributed by atoms with van der Waals surface area (Å²) in [5, 5.41) is 7.66. The van der Waals surface area contributed by atoms with Gasteiger partial charge in [0, 0.05) is 10.2 Å². The minimum Gasteiger partial charge on any atom is -0.356 e. The molecule has 0 saturated carbocycles. The van der Waals surface area contributed by atoms with E-state index in [-0.39, 0.29) is 6.04 Å². The SMILES string of the molecule is Cc1ccc([C@H](C)NC(=S)Nc2ccc(Br)c(Cl)c2)cc1C. The molecule has 0 aliphatic carbocycles. The molecular weight excluding hydrogens is 380 g/mol. The van der Waals surface area contributed by atoms with Crippen molar-refractivity contribution < 1.29 is 0 Å². The van der Waals surface area contributed by atoms with E-state index >= 15 is 0 Å². The van der Waals surface area contributed by atoms with Gasteiger partial charge in [0.2, 0.25) is 0 Å². The number of benzene rings is 2. The van der Waals surface area contributed by atoms with Crippen molar-refractivity contribution in [2.75, 3.05) is 5.32 Å². The third-order valence-corrected chi connectivity index (χ3v) is 5.01. The normalized spacial score (nSPS) is 11.9. The number of hydrogen-bond acceptors (Lipinski definition) is 1. The summed E-state index contributed by atoms with van der Waals surface area (Å²) in [4.78, 5) is 0. The van der Waals surface area contributed by atoms with Crippen LogP contribution >= 0.6 is 39.7 Å². The second-order valence-electron chi connectivity index (χ2n) is 5.29. The lowest BCUT2D eigenvalue weighted by atomic mass is 10.0. The molecule has 0 radical (unpaired) electrons. The summed E-state index contributed by atoms with van der Waals surface area (Å²) >= 11 is 14.8. The van der Waals surface area contributed by atoms with Crippen molar-refractivity contribution in [1.29, 1.82) is 0 Å². The Labute approximate surface area is 150 Å². The van der Waals surface area contributed by atoms with Crippen LogP contribution in [0.5, 0.6) is 0 Å². The molecule has 0 amide bonds. The third kappa shape index (κ3) is 4.45. The van der Waals surface area contributed by atoms with Gasteiger partial charge < -0.3 is 10.6 Å². The fraction of sp³-hybridized carbons (Fsp3) is 0.235. The molecule has 0 bridgehead atoms. The first-order chi connectivity index (χ1) is 10.4. The molecule has 0 fully saturated rings. The van der Waals surface area contributed by atoms with Gasteiger partial charge in [-0.3, -0.25) is 0 Å². The molecule has 0 aliphatic heterocycles. The smallest absolute Gasteiger partial charge is 0.171 e. The fourth-order valence-corrected chi connectivity index (χ4v) is 2.78. The highest BCUT2D eigenvalue weighted by molar-refractivity contribution is 9.10. The zero-order valence-corrected chi connectivity index (χ0v) is 15.9. The van der Waals surface area contributed by atoms with Gasteiger partial charge in [-0.1, -0.05) is 29.8 Å². The molecule has 2 rings (SSSR count). The van der Waals surface area contributed by atoms with Crippen molar-refractivity contribution in [2.45, 2.75) is 26.8 Å². The van der Waals surface area contributed by atoms with Gasteiger partial charge in [0.05, 0.1) is 11.1 Å². The molecule has 5 heteroatoms. The standard InChI is InChI=1S/C17H18BrClN2S/c1-10-4-5-13(8-11(10)2)12(3)20-17(22)21-14-6-7-15(18)16(19)9-14/h4-9,12H,1-3H3,(H2,20,21,22)/t12-/m0/s1. The van der Waals surface area contributed by atoms with Gasteiger partial charge in [-0.25, -0.2) is 0 Å². The van der Waals surface area contributed by atoms with Crippen molar-refractivity contribution in [1.82, 2.24) is 5.32 Å². The summed E-state index contributed by atoms with van der Waals surface area (Å²) < 4.78 is 0.863. The summed E-state index contributed by atoms with van der Waals surface area (Å²) in [6, 6.07) is 12.2. The van der Waals surface area contributed by atoms with Crippen molar-refractivity contribution in [2.24, 2.45) is 0 Å². The zero-order chi connectivity index (χ0) is 16.3. The first kappa shape index (κ1) is 17.3. The van der Waals surface area contributed by atoms with Crippen LogP contribution in [-0.2, 0) is 0 Å². The predicted molar refractivity (Wildman–Crippen MR) is 103 cm³/mol. The second kappa shape index (κ2) is 7.44. The molecule has 116 valence electrons. The van der Waals surface area contributed by atoms with Crippen LogP contribution in [0.25, 0.3) is 0 Å². The van der Waals surface area contributed by atoms with E-state index in [9.17, 15) is 0 Å². The Morgan fingerprint density at radius 3 is 2.50 bits per heavy atom. The van der Waals surface area contributed by atoms with Gasteiger partial charge in [-0.05, 0) is 83.8 Å². The molecular formula is C17H18BrClN2S. The summed E-state index contributed by atoms with van der Waals surface area (Å²) in [5.74, 6) is 0. The minimum atomic E-state index is 0.130. The Balaban J connectivity index is 2.01. The topological polar surface area (TPSA) is 24.1 Å². The lowest BCUT2D eigenvalue weighted by Gasteiger charge is -2.18. The Morgan fingerprint density at radius 1 is 1.14 bits per heavy atom. The Hall–Kier alpha value is -1.10. The summed E-state index contributed by atoms with van der Waals surface area (Å²) in [6.07, 6.45) is 0. The molecule has 2 N–H and O–H groups in total. The van der Waals surface area contributed by atoms with E-state index in [2.05, 4.69) is 65.5 Å². The van der Waals surface area contributed by atoms with E-state index in [1.165, 1.54) is 16.7 Å². The lowest BCUT2D eigenvalue weighted by molar-refractivity contribution is 0.721. The maximum absolute atomic E-state index is 6.08. The quantitative estimate of drug-likeness (QED) is 0.643. The van der Waals surface area contributed by atoms with Crippen LogP contribution < -0.4 is 10.6 Å². The maximum Gasteiger partial charge on any atom is 0.171 e. The van der Waals surface area contributed by atoms with E-state index in [1.54, 1.807) is 0 Å². The van der Waals surface area contributed by atoms with E-state index < -0.39 is 0 Å². The van der Waals surface area contributed by atoms with Crippen LogP contribution in [-0.4, -0.2) is 5.11 Å². The van der Waals surface area contributed by atoms with E-state index in [4.69, 9.17) is 23.8 Å². The first-order valence-electron chi connectivity index (χ1n) is 6.96. The number of rotatable bonds is 3. The third-order valence-electron chi connectivity index (χ3n) is 3.56. The maximum atomic E-state index is 6.08. The van der Waals surface area contributed by atoms with Crippen LogP contribution in [0.2, 0.25) is 5.02 Å². The first-order valence-corrected chi connectivity index (χ1v) is 8.54. The van der Waals surface area contributed by atoms with Gasteiger partial charge in [0.15, 0.2) is 5.11 Å². The van der Waals surface area contributed by atoms with Crippen LogP contribution in [0.4, 0.5) is 5.69 Å². The van der Waals surface area contributed by atoms with Crippen molar-refractivity contribution in [3.8, 4) is 0 Å². The summed E-state index contributed by atoms with van der Waals surface area (Å²) in [7, 11) is 0. The fourth-order valence-electron chi connectivity index (χ4n) is 2.05. The molecule has 0 unspecified atom stereocenters. The average Bonchev–Trinajstić information content (AvgIpc) is 2.45. The van der Waals surface area contributed by atoms with Crippen LogP contribution in [0.15, 0.2) is 40.9 Å². The predicted octanol–water partition coefficient (Wildman–Crippen LogP) is 5.77. The molecule has 2 aromatic carbocycles. The highest BCUT2D eigenvalue weighted by atomic mass is 79.9. The van der Waals surface area contributed by atoms with E-state index in [1.807, 2.05) is 18.2 Å². The number of hydrogen-bond donors (Lipinski definition) is 2. The lowest BCUT2D eigenvalue weighted by Crippen LogP contribution is -2.30. The molecule has 0 heterocycles.